The molecule has 10 rings (SSSR count). The van der Waals surface area contributed by atoms with Crippen molar-refractivity contribution in [2.24, 2.45) is 0 Å². The minimum atomic E-state index is -0.00362. The summed E-state index contributed by atoms with van der Waals surface area (Å²) in [6, 6.07) is 56.8. The zero-order chi connectivity index (χ0) is 33.0. The molecule has 2 aromatic heterocycles. The maximum absolute atomic E-state index is 5.37. The summed E-state index contributed by atoms with van der Waals surface area (Å²) in [5.41, 5.74) is 12.0. The molecule has 2 aliphatic rings. The third-order valence-corrected chi connectivity index (χ3v) is 10.4. The van der Waals surface area contributed by atoms with E-state index in [0.29, 0.717) is 0 Å². The average molecular weight is 640 g/mol. The molecule has 0 saturated heterocycles. The fourth-order valence-corrected chi connectivity index (χ4v) is 8.20. The van der Waals surface area contributed by atoms with E-state index in [1.54, 1.807) is 0 Å². The van der Waals surface area contributed by atoms with Gasteiger partial charge < -0.3 is 9.47 Å². The predicted octanol–water partition coefficient (Wildman–Crippen LogP) is 11.9. The number of hydrogen-bond donors (Lipinski definition) is 0. The van der Waals surface area contributed by atoms with Gasteiger partial charge in [0.05, 0.1) is 22.9 Å². The van der Waals surface area contributed by atoms with E-state index >= 15 is 0 Å². The van der Waals surface area contributed by atoms with Gasteiger partial charge in [-0.15, -0.1) is 0 Å². The van der Waals surface area contributed by atoms with Crippen molar-refractivity contribution in [2.75, 3.05) is 4.90 Å². The fourth-order valence-electron chi connectivity index (χ4n) is 8.20. The Hall–Kier alpha value is -6.45. The van der Waals surface area contributed by atoms with Crippen molar-refractivity contribution < 1.29 is 0 Å². The minimum Gasteiger partial charge on any atom is -0.317 e. The molecule has 2 atom stereocenters. The van der Waals surface area contributed by atoms with Crippen LogP contribution in [0.1, 0.15) is 11.5 Å². The van der Waals surface area contributed by atoms with Crippen molar-refractivity contribution in [3.05, 3.63) is 194 Å². The lowest BCUT2D eigenvalue weighted by molar-refractivity contribution is 0.697. The maximum atomic E-state index is 5.37. The van der Waals surface area contributed by atoms with Gasteiger partial charge in [0.25, 0.3) is 0 Å². The molecule has 236 valence electrons. The lowest BCUT2D eigenvalue weighted by Gasteiger charge is -2.36. The fraction of sp³-hybridized carbons (Fsp3) is 0.0426. The van der Waals surface area contributed by atoms with Crippen LogP contribution in [0.2, 0.25) is 0 Å². The number of hydrogen-bond acceptors (Lipinski definition) is 2. The molecule has 1 aliphatic carbocycles. The Morgan fingerprint density at radius 2 is 1.14 bits per heavy atom. The van der Waals surface area contributed by atoms with Gasteiger partial charge in [-0.3, -0.25) is 0 Å². The van der Waals surface area contributed by atoms with E-state index in [9.17, 15) is 0 Å². The van der Waals surface area contributed by atoms with E-state index < -0.39 is 0 Å². The molecule has 0 saturated carbocycles. The average Bonchev–Trinajstić information content (AvgIpc) is 3.48. The first-order chi connectivity index (χ1) is 24.8. The van der Waals surface area contributed by atoms with Crippen LogP contribution in [0.15, 0.2) is 188 Å². The Kier molecular flexibility index (Phi) is 6.63. The van der Waals surface area contributed by atoms with E-state index in [1.807, 2.05) is 0 Å². The number of allylic oxidation sites excluding steroid dienone is 2. The predicted molar refractivity (Wildman–Crippen MR) is 208 cm³/mol. The summed E-state index contributed by atoms with van der Waals surface area (Å²) < 4.78 is 2.48. The number of rotatable bonds is 4. The second kappa shape index (κ2) is 11.6. The van der Waals surface area contributed by atoms with Gasteiger partial charge in [-0.2, -0.15) is 0 Å². The summed E-state index contributed by atoms with van der Waals surface area (Å²) in [5.74, 6) is 1.04. The van der Waals surface area contributed by atoms with Gasteiger partial charge in [0.15, 0.2) is 0 Å². The highest BCUT2D eigenvalue weighted by atomic mass is 15.2. The molecule has 0 radical (unpaired) electrons. The van der Waals surface area contributed by atoms with Crippen molar-refractivity contribution in [1.29, 1.82) is 0 Å². The maximum Gasteiger partial charge on any atom is 0.141 e. The first-order valence-electron chi connectivity index (χ1n) is 17.3. The Balaban J connectivity index is 1.32. The molecule has 0 N–H and O–H groups in total. The summed E-state index contributed by atoms with van der Waals surface area (Å²) in [4.78, 5) is 7.88. The van der Waals surface area contributed by atoms with Crippen molar-refractivity contribution in [2.45, 2.75) is 12.0 Å². The summed E-state index contributed by atoms with van der Waals surface area (Å²) in [6.07, 6.45) is 11.2. The van der Waals surface area contributed by atoms with Crippen LogP contribution in [0.5, 0.6) is 0 Å². The summed E-state index contributed by atoms with van der Waals surface area (Å²) in [6.45, 7) is 0. The van der Waals surface area contributed by atoms with Gasteiger partial charge in [0.1, 0.15) is 5.82 Å². The highest BCUT2D eigenvalue weighted by Crippen LogP contribution is 2.53. The number of pyridine rings is 1. The molecule has 3 heteroatoms. The molecule has 0 bridgehead atoms. The Labute approximate surface area is 291 Å². The number of aromatic nitrogens is 2. The molecule has 0 fully saturated rings. The minimum absolute atomic E-state index is 0.00362. The largest absolute Gasteiger partial charge is 0.317 e. The van der Waals surface area contributed by atoms with Crippen LogP contribution in [0, 0.1) is 0 Å². The molecule has 3 nitrogen and oxygen atoms in total. The lowest BCUT2D eigenvalue weighted by atomic mass is 9.85. The van der Waals surface area contributed by atoms with Crippen LogP contribution in [0.25, 0.3) is 60.9 Å². The van der Waals surface area contributed by atoms with E-state index in [2.05, 4.69) is 198 Å². The SMILES string of the molecule is C1=CC2c3c(n(-c4ccccc4)c4ccccc34)-c3cc(-c4ccccc4)ccc3N(c3ncc(-c4ccccc4)c4ccccc34)C2C=C1. The number of para-hydroxylation sites is 2. The second-order valence-corrected chi connectivity index (χ2v) is 13.1. The monoisotopic (exact) mass is 639 g/mol. The van der Waals surface area contributed by atoms with Crippen molar-refractivity contribution >= 4 is 33.2 Å². The molecule has 0 spiro atoms. The number of fused-ring (bicyclic) bond motifs is 8. The third-order valence-electron chi connectivity index (χ3n) is 10.4. The smallest absolute Gasteiger partial charge is 0.141 e. The Morgan fingerprint density at radius 1 is 0.500 bits per heavy atom. The zero-order valence-electron chi connectivity index (χ0n) is 27.4. The topological polar surface area (TPSA) is 21.1 Å². The summed E-state index contributed by atoms with van der Waals surface area (Å²) >= 11 is 0. The van der Waals surface area contributed by atoms with Gasteiger partial charge in [0.2, 0.25) is 0 Å². The highest BCUT2D eigenvalue weighted by Gasteiger charge is 2.39. The molecule has 50 heavy (non-hydrogen) atoms. The van der Waals surface area contributed by atoms with Crippen LogP contribution in [0.4, 0.5) is 11.5 Å². The number of nitrogens with zero attached hydrogens (tertiary/aromatic N) is 3. The lowest BCUT2D eigenvalue weighted by Crippen LogP contribution is -2.35. The van der Waals surface area contributed by atoms with Gasteiger partial charge in [0, 0.05) is 39.7 Å². The Morgan fingerprint density at radius 3 is 1.92 bits per heavy atom. The van der Waals surface area contributed by atoms with Gasteiger partial charge in [-0.25, -0.2) is 4.98 Å². The van der Waals surface area contributed by atoms with Crippen molar-refractivity contribution in [1.82, 2.24) is 9.55 Å². The van der Waals surface area contributed by atoms with E-state index in [0.717, 1.165) is 28.1 Å². The van der Waals surface area contributed by atoms with Crippen LogP contribution in [-0.2, 0) is 0 Å². The van der Waals surface area contributed by atoms with E-state index in [1.165, 1.54) is 49.8 Å². The molecular formula is C47H33N3. The summed E-state index contributed by atoms with van der Waals surface area (Å²) in [7, 11) is 0. The molecule has 8 aromatic rings. The molecule has 3 heterocycles. The highest BCUT2D eigenvalue weighted by molar-refractivity contribution is 6.06. The van der Waals surface area contributed by atoms with Gasteiger partial charge >= 0.3 is 0 Å². The molecule has 1 aliphatic heterocycles. The second-order valence-electron chi connectivity index (χ2n) is 13.1. The van der Waals surface area contributed by atoms with Gasteiger partial charge in [-0.1, -0.05) is 152 Å². The van der Waals surface area contributed by atoms with Gasteiger partial charge in [-0.05, 0) is 58.0 Å². The normalized spacial score (nSPS) is 16.2. The first-order valence-corrected chi connectivity index (χ1v) is 17.3. The third kappa shape index (κ3) is 4.40. The zero-order valence-corrected chi connectivity index (χ0v) is 27.4. The standard InChI is InChI=1S/C47H33N3/c1-4-16-32(17-5-1)34-28-29-44-40(30-34)46-45(38-24-12-14-26-42(38)49(46)35-20-8-3-9-21-35)39-25-13-15-27-43(39)50(44)47-37-23-11-10-22-36(37)41(31-48-47)33-18-6-2-7-19-33/h1-31,39,43H. The van der Waals surface area contributed by atoms with Crippen LogP contribution in [-0.4, -0.2) is 15.6 Å². The molecule has 6 aromatic carbocycles. The van der Waals surface area contributed by atoms with Crippen LogP contribution >= 0.6 is 0 Å². The molecule has 0 amide bonds. The van der Waals surface area contributed by atoms with E-state index in [4.69, 9.17) is 4.98 Å². The summed E-state index contributed by atoms with van der Waals surface area (Å²) in [5, 5.41) is 3.60. The quantitative estimate of drug-likeness (QED) is 0.191. The van der Waals surface area contributed by atoms with Crippen LogP contribution in [0.3, 0.4) is 0 Å². The van der Waals surface area contributed by atoms with Crippen molar-refractivity contribution in [3.8, 4) is 39.2 Å². The first kappa shape index (κ1) is 28.6. The molecule has 2 unspecified atom stereocenters. The number of benzene rings is 6. The van der Waals surface area contributed by atoms with E-state index in [-0.39, 0.29) is 12.0 Å². The molecular weight excluding hydrogens is 607 g/mol. The Bertz CT molecular complexity index is 2600. The number of anilines is 2. The van der Waals surface area contributed by atoms with Crippen molar-refractivity contribution in [3.63, 3.8) is 0 Å². The van der Waals surface area contributed by atoms with Crippen LogP contribution < -0.4 is 4.90 Å².